The van der Waals surface area contributed by atoms with E-state index >= 15 is 0 Å². The van der Waals surface area contributed by atoms with Gasteiger partial charge in [-0.05, 0) is 17.7 Å². The minimum absolute atomic E-state index is 0.118. The van der Waals surface area contributed by atoms with Crippen molar-refractivity contribution in [3.05, 3.63) is 29.6 Å². The van der Waals surface area contributed by atoms with E-state index in [0.717, 1.165) is 5.56 Å². The summed E-state index contributed by atoms with van der Waals surface area (Å²) in [5, 5.41) is 0. The number of nitrogen functional groups attached to an aromatic ring is 1. The van der Waals surface area contributed by atoms with Crippen LogP contribution in [0.2, 0.25) is 0 Å². The second-order valence-electron chi connectivity index (χ2n) is 4.32. The highest BCUT2D eigenvalue weighted by molar-refractivity contribution is 5.80. The summed E-state index contributed by atoms with van der Waals surface area (Å²) in [4.78, 5) is 13.2. The van der Waals surface area contributed by atoms with Gasteiger partial charge in [0, 0.05) is 13.1 Å². The summed E-state index contributed by atoms with van der Waals surface area (Å²) < 4.78 is 18.5. The minimum atomic E-state index is -0.459. The molecule has 18 heavy (non-hydrogen) atoms. The molecule has 5 nitrogen and oxygen atoms in total. The molecule has 1 aliphatic heterocycles. The lowest BCUT2D eigenvalue weighted by molar-refractivity contribution is -0.129. The van der Waals surface area contributed by atoms with E-state index in [0.29, 0.717) is 19.7 Å². The molecule has 98 valence electrons. The lowest BCUT2D eigenvalue weighted by Gasteiger charge is -2.33. The Kier molecular flexibility index (Phi) is 3.78. The van der Waals surface area contributed by atoms with Gasteiger partial charge in [0.1, 0.15) is 11.9 Å². The number of benzene rings is 1. The molecule has 1 amide bonds. The zero-order chi connectivity index (χ0) is 13.1. The van der Waals surface area contributed by atoms with Crippen LogP contribution in [0, 0.1) is 5.82 Å². The molecule has 0 bridgehead atoms. The Balaban J connectivity index is 2.10. The van der Waals surface area contributed by atoms with Gasteiger partial charge in [-0.15, -0.1) is 0 Å². The Morgan fingerprint density at radius 2 is 2.33 bits per heavy atom. The van der Waals surface area contributed by atoms with E-state index < -0.39 is 17.8 Å². The number of rotatable bonds is 3. The molecule has 2 rings (SSSR count). The first-order chi connectivity index (χ1) is 8.58. The summed E-state index contributed by atoms with van der Waals surface area (Å²) in [7, 11) is 0. The van der Waals surface area contributed by atoms with Crippen molar-refractivity contribution in [3.8, 4) is 0 Å². The third kappa shape index (κ3) is 2.77. The van der Waals surface area contributed by atoms with E-state index in [4.69, 9.17) is 16.2 Å². The molecular formula is C12H16FN3O2. The second-order valence-corrected chi connectivity index (χ2v) is 4.32. The fourth-order valence-electron chi connectivity index (χ4n) is 1.99. The second kappa shape index (κ2) is 5.32. The number of hydrogen-bond acceptors (Lipinski definition) is 4. The van der Waals surface area contributed by atoms with Crippen molar-refractivity contribution < 1.29 is 13.9 Å². The van der Waals surface area contributed by atoms with Gasteiger partial charge < -0.3 is 16.2 Å². The number of nitrogens with zero attached hydrogens (tertiary/aromatic N) is 1. The largest absolute Gasteiger partial charge is 0.396 e. The van der Waals surface area contributed by atoms with Crippen LogP contribution in [-0.2, 0) is 16.1 Å². The molecule has 1 fully saturated rings. The van der Waals surface area contributed by atoms with Crippen molar-refractivity contribution in [1.82, 2.24) is 4.90 Å². The lowest BCUT2D eigenvalue weighted by atomic mass is 10.1. The molecule has 1 aromatic rings. The van der Waals surface area contributed by atoms with Crippen molar-refractivity contribution in [2.75, 3.05) is 25.5 Å². The van der Waals surface area contributed by atoms with Crippen LogP contribution in [0.1, 0.15) is 5.56 Å². The molecule has 0 spiro atoms. The fraction of sp³-hybridized carbons (Fsp3) is 0.417. The maximum absolute atomic E-state index is 13.3. The molecule has 4 N–H and O–H groups in total. The number of carbonyl (C=O) groups excluding carboxylic acids is 1. The molecule has 0 saturated carbocycles. The van der Waals surface area contributed by atoms with Gasteiger partial charge in [-0.3, -0.25) is 9.69 Å². The van der Waals surface area contributed by atoms with Crippen LogP contribution in [-0.4, -0.2) is 36.6 Å². The van der Waals surface area contributed by atoms with Crippen molar-refractivity contribution in [2.45, 2.75) is 12.6 Å². The monoisotopic (exact) mass is 253 g/mol. The van der Waals surface area contributed by atoms with E-state index in [1.165, 1.54) is 12.1 Å². The normalized spacial score (nSPS) is 20.8. The van der Waals surface area contributed by atoms with Gasteiger partial charge in [0.25, 0.3) is 0 Å². The summed E-state index contributed by atoms with van der Waals surface area (Å²) in [5.41, 5.74) is 11.6. The molecular weight excluding hydrogens is 237 g/mol. The van der Waals surface area contributed by atoms with Crippen molar-refractivity contribution >= 4 is 11.6 Å². The standard InChI is InChI=1S/C12H16FN3O2/c13-9-5-8(1-2-10(9)14)6-16-3-4-18-7-11(16)12(15)17/h1-2,5,11H,3-4,6-7,14H2,(H2,15,17). The van der Waals surface area contributed by atoms with Crippen LogP contribution in [0.4, 0.5) is 10.1 Å². The zero-order valence-corrected chi connectivity index (χ0v) is 9.93. The first kappa shape index (κ1) is 12.8. The average molecular weight is 253 g/mol. The summed E-state index contributed by atoms with van der Waals surface area (Å²) in [5.74, 6) is -0.873. The first-order valence-corrected chi connectivity index (χ1v) is 5.73. The van der Waals surface area contributed by atoms with Crippen molar-refractivity contribution in [1.29, 1.82) is 0 Å². The Labute approximate surface area is 104 Å². The number of carbonyl (C=O) groups is 1. The number of hydrogen-bond donors (Lipinski definition) is 2. The highest BCUT2D eigenvalue weighted by atomic mass is 19.1. The Morgan fingerprint density at radius 1 is 1.56 bits per heavy atom. The lowest BCUT2D eigenvalue weighted by Crippen LogP contribution is -2.51. The van der Waals surface area contributed by atoms with Crippen LogP contribution in [0.25, 0.3) is 0 Å². The fourth-order valence-corrected chi connectivity index (χ4v) is 1.99. The number of primary amides is 1. The van der Waals surface area contributed by atoms with Crippen LogP contribution in [0.3, 0.4) is 0 Å². The number of morpholine rings is 1. The summed E-state index contributed by atoms with van der Waals surface area (Å²) in [6.07, 6.45) is 0. The highest BCUT2D eigenvalue weighted by Crippen LogP contribution is 2.16. The summed E-state index contributed by atoms with van der Waals surface area (Å²) in [6, 6.07) is 4.18. The predicted molar refractivity (Wildman–Crippen MR) is 65.0 cm³/mol. The maximum atomic E-state index is 13.3. The van der Waals surface area contributed by atoms with Gasteiger partial charge in [0.2, 0.25) is 5.91 Å². The SMILES string of the molecule is NC(=O)C1COCCN1Cc1ccc(N)c(F)c1. The smallest absolute Gasteiger partial charge is 0.237 e. The third-order valence-electron chi connectivity index (χ3n) is 3.02. The van der Waals surface area contributed by atoms with Gasteiger partial charge in [0.05, 0.1) is 18.9 Å². The predicted octanol–water partition coefficient (Wildman–Crippen LogP) is 0.0940. The Hall–Kier alpha value is -1.66. The maximum Gasteiger partial charge on any atom is 0.237 e. The quantitative estimate of drug-likeness (QED) is 0.748. The molecule has 1 aromatic carbocycles. The van der Waals surface area contributed by atoms with Gasteiger partial charge in [-0.1, -0.05) is 6.07 Å². The third-order valence-corrected chi connectivity index (χ3v) is 3.02. The topological polar surface area (TPSA) is 81.6 Å². The first-order valence-electron chi connectivity index (χ1n) is 5.73. The van der Waals surface area contributed by atoms with Crippen LogP contribution in [0.5, 0.6) is 0 Å². The van der Waals surface area contributed by atoms with E-state index in [9.17, 15) is 9.18 Å². The molecule has 1 unspecified atom stereocenters. The van der Waals surface area contributed by atoms with Crippen molar-refractivity contribution in [3.63, 3.8) is 0 Å². The Bertz CT molecular complexity index is 453. The van der Waals surface area contributed by atoms with Gasteiger partial charge in [-0.25, -0.2) is 4.39 Å². The number of anilines is 1. The van der Waals surface area contributed by atoms with Crippen molar-refractivity contribution in [2.24, 2.45) is 5.73 Å². The zero-order valence-electron chi connectivity index (χ0n) is 9.93. The van der Waals surface area contributed by atoms with Crippen LogP contribution in [0.15, 0.2) is 18.2 Å². The minimum Gasteiger partial charge on any atom is -0.396 e. The summed E-state index contributed by atoms with van der Waals surface area (Å²) >= 11 is 0. The molecule has 1 aliphatic rings. The molecule has 1 atom stereocenters. The van der Waals surface area contributed by atoms with Crippen LogP contribution < -0.4 is 11.5 Å². The molecule has 1 saturated heterocycles. The number of halogens is 1. The van der Waals surface area contributed by atoms with Gasteiger partial charge >= 0.3 is 0 Å². The Morgan fingerprint density at radius 3 is 3.00 bits per heavy atom. The van der Waals surface area contributed by atoms with Gasteiger partial charge in [-0.2, -0.15) is 0 Å². The molecule has 0 aromatic heterocycles. The highest BCUT2D eigenvalue weighted by Gasteiger charge is 2.27. The van der Waals surface area contributed by atoms with Gasteiger partial charge in [0.15, 0.2) is 0 Å². The van der Waals surface area contributed by atoms with E-state index in [1.54, 1.807) is 6.07 Å². The molecule has 1 heterocycles. The molecule has 0 aliphatic carbocycles. The summed E-state index contributed by atoms with van der Waals surface area (Å²) in [6.45, 7) is 1.88. The average Bonchev–Trinajstić information content (AvgIpc) is 2.34. The van der Waals surface area contributed by atoms with E-state index in [-0.39, 0.29) is 12.3 Å². The number of ether oxygens (including phenoxy) is 1. The van der Waals surface area contributed by atoms with E-state index in [2.05, 4.69) is 0 Å². The van der Waals surface area contributed by atoms with E-state index in [1.807, 2.05) is 4.90 Å². The van der Waals surface area contributed by atoms with Crippen LogP contribution >= 0.6 is 0 Å². The molecule has 0 radical (unpaired) electrons. The number of nitrogens with two attached hydrogens (primary N) is 2. The molecule has 6 heteroatoms. The number of amides is 1.